The Hall–Kier alpha value is -1.22. The molecule has 0 heterocycles. The summed E-state index contributed by atoms with van der Waals surface area (Å²) in [7, 11) is 0. The van der Waals surface area contributed by atoms with Gasteiger partial charge in [0.2, 0.25) is 5.12 Å². The number of thioether (sulfide) groups is 1. The van der Waals surface area contributed by atoms with Gasteiger partial charge in [0.1, 0.15) is 5.75 Å². The van der Waals surface area contributed by atoms with Crippen LogP contribution in [0.4, 0.5) is 0 Å². The Morgan fingerprint density at radius 1 is 0.821 bits per heavy atom. The summed E-state index contributed by atoms with van der Waals surface area (Å²) in [6.07, 6.45) is 22.9. The van der Waals surface area contributed by atoms with Gasteiger partial charge in [-0.3, -0.25) is 4.79 Å². The molecule has 0 aliphatic rings. The third-order valence-corrected chi connectivity index (χ3v) is 5.99. The number of hydrogen-bond donors (Lipinski definition) is 1. The highest BCUT2D eigenvalue weighted by molar-refractivity contribution is 8.14. The van der Waals surface area contributed by atoms with Crippen molar-refractivity contribution in [2.75, 3.05) is 5.75 Å². The molecule has 0 radical (unpaired) electrons. The second kappa shape index (κ2) is 17.8. The van der Waals surface area contributed by atoms with Crippen LogP contribution in [0.25, 0.3) is 0 Å². The summed E-state index contributed by atoms with van der Waals surface area (Å²) < 4.78 is 0. The quantitative estimate of drug-likeness (QED) is 0.209. The van der Waals surface area contributed by atoms with Gasteiger partial charge in [0.25, 0.3) is 0 Å². The van der Waals surface area contributed by atoms with E-state index in [1.54, 1.807) is 24.3 Å². The Morgan fingerprint density at radius 3 is 1.96 bits per heavy atom. The van der Waals surface area contributed by atoms with Crippen LogP contribution in [-0.2, 0) is 0 Å². The van der Waals surface area contributed by atoms with Crippen LogP contribution in [-0.4, -0.2) is 16.0 Å². The fraction of sp³-hybridized carbons (Fsp3) is 0.640. The number of aromatic hydroxyl groups is 1. The van der Waals surface area contributed by atoms with Crippen molar-refractivity contribution in [3.05, 3.63) is 42.0 Å². The summed E-state index contributed by atoms with van der Waals surface area (Å²) in [4.78, 5) is 12.0. The van der Waals surface area contributed by atoms with E-state index in [0.29, 0.717) is 5.56 Å². The Kier molecular flexibility index (Phi) is 15.8. The molecule has 0 atom stereocenters. The zero-order valence-corrected chi connectivity index (χ0v) is 18.7. The van der Waals surface area contributed by atoms with Crippen molar-refractivity contribution in [3.63, 3.8) is 0 Å². The molecule has 158 valence electrons. The minimum Gasteiger partial charge on any atom is -0.507 e. The van der Waals surface area contributed by atoms with Crippen molar-refractivity contribution < 1.29 is 9.90 Å². The maximum absolute atomic E-state index is 12.0. The third-order valence-electron chi connectivity index (χ3n) is 5.01. The van der Waals surface area contributed by atoms with E-state index in [1.165, 1.54) is 95.2 Å². The number of hydrogen-bond acceptors (Lipinski definition) is 3. The number of allylic oxidation sites excluding steroid dienone is 2. The molecular formula is C25H40O2S. The van der Waals surface area contributed by atoms with E-state index in [2.05, 4.69) is 19.1 Å². The van der Waals surface area contributed by atoms with E-state index in [1.807, 2.05) is 0 Å². The van der Waals surface area contributed by atoms with Gasteiger partial charge in [0.15, 0.2) is 0 Å². The molecule has 2 nitrogen and oxygen atoms in total. The standard InChI is InChI=1S/C25H40O2S/c1-2-3-4-5-6-7-8-9-10-11-12-13-14-15-16-19-22-28-25(27)23-20-17-18-21-24(23)26/h9-10,17-18,20-21,26H,2-8,11-16,19,22H2,1H3/b10-9-. The smallest absolute Gasteiger partial charge is 0.223 e. The first kappa shape index (κ1) is 24.8. The SMILES string of the molecule is CCCCCCCC/C=C\CCCCCCCCSC(=O)c1ccccc1O. The van der Waals surface area contributed by atoms with Crippen molar-refractivity contribution in [1.82, 2.24) is 0 Å². The molecule has 0 aliphatic carbocycles. The summed E-state index contributed by atoms with van der Waals surface area (Å²) in [5, 5.41) is 9.66. The van der Waals surface area contributed by atoms with E-state index < -0.39 is 0 Å². The molecule has 0 spiro atoms. The summed E-state index contributed by atoms with van der Waals surface area (Å²) in [6, 6.07) is 6.78. The first-order valence-electron chi connectivity index (χ1n) is 11.4. The van der Waals surface area contributed by atoms with Crippen molar-refractivity contribution in [3.8, 4) is 5.75 Å². The van der Waals surface area contributed by atoms with Gasteiger partial charge < -0.3 is 5.11 Å². The maximum Gasteiger partial charge on any atom is 0.223 e. The minimum absolute atomic E-state index is 0.0224. The van der Waals surface area contributed by atoms with Crippen molar-refractivity contribution in [2.45, 2.75) is 96.8 Å². The molecule has 1 rings (SSSR count). The predicted molar refractivity (Wildman–Crippen MR) is 124 cm³/mol. The average Bonchev–Trinajstić information content (AvgIpc) is 2.70. The average molecular weight is 405 g/mol. The zero-order valence-electron chi connectivity index (χ0n) is 17.8. The lowest BCUT2D eigenvalue weighted by Crippen LogP contribution is -1.95. The molecule has 1 N–H and O–H groups in total. The Balaban J connectivity index is 1.85. The molecule has 1 aromatic carbocycles. The van der Waals surface area contributed by atoms with Gasteiger partial charge in [-0.2, -0.15) is 0 Å². The highest BCUT2D eigenvalue weighted by Crippen LogP contribution is 2.22. The second-order valence-electron chi connectivity index (χ2n) is 7.59. The molecule has 0 saturated heterocycles. The van der Waals surface area contributed by atoms with Gasteiger partial charge >= 0.3 is 0 Å². The van der Waals surface area contributed by atoms with E-state index in [4.69, 9.17) is 0 Å². The monoisotopic (exact) mass is 404 g/mol. The molecule has 0 saturated carbocycles. The molecule has 0 amide bonds. The van der Waals surface area contributed by atoms with Crippen molar-refractivity contribution in [2.24, 2.45) is 0 Å². The topological polar surface area (TPSA) is 37.3 Å². The summed E-state index contributed by atoms with van der Waals surface area (Å²) in [5.74, 6) is 0.926. The van der Waals surface area contributed by atoms with Crippen molar-refractivity contribution >= 4 is 16.9 Å². The summed E-state index contributed by atoms with van der Waals surface area (Å²) >= 11 is 1.32. The van der Waals surface area contributed by atoms with Gasteiger partial charge in [-0.25, -0.2) is 0 Å². The molecule has 0 fully saturated rings. The molecular weight excluding hydrogens is 364 g/mol. The van der Waals surface area contributed by atoms with Gasteiger partial charge in [-0.15, -0.1) is 0 Å². The molecule has 0 bridgehead atoms. The number of carbonyl (C=O) groups excluding carboxylic acids is 1. The van der Waals surface area contributed by atoms with E-state index in [0.717, 1.165) is 12.2 Å². The molecule has 0 unspecified atom stereocenters. The number of phenolic OH excluding ortho intramolecular Hbond substituents is 1. The maximum atomic E-state index is 12.0. The van der Waals surface area contributed by atoms with Crippen LogP contribution in [0, 0.1) is 0 Å². The number of phenols is 1. The Bertz CT molecular complexity index is 539. The van der Waals surface area contributed by atoms with Crippen LogP contribution >= 0.6 is 11.8 Å². The third kappa shape index (κ3) is 13.0. The van der Waals surface area contributed by atoms with Crippen LogP contribution < -0.4 is 0 Å². The van der Waals surface area contributed by atoms with E-state index in [-0.39, 0.29) is 10.9 Å². The van der Waals surface area contributed by atoms with Crippen LogP contribution in [0.5, 0.6) is 5.75 Å². The fourth-order valence-electron chi connectivity index (χ4n) is 3.24. The molecule has 28 heavy (non-hydrogen) atoms. The van der Waals surface area contributed by atoms with E-state index >= 15 is 0 Å². The predicted octanol–water partition coefficient (Wildman–Crippen LogP) is 8.30. The normalized spacial score (nSPS) is 11.3. The van der Waals surface area contributed by atoms with Crippen LogP contribution in [0.1, 0.15) is 107 Å². The van der Waals surface area contributed by atoms with Crippen LogP contribution in [0.2, 0.25) is 0 Å². The Labute approximate surface area is 177 Å². The van der Waals surface area contributed by atoms with Gasteiger partial charge in [-0.1, -0.05) is 101 Å². The second-order valence-corrected chi connectivity index (χ2v) is 8.66. The van der Waals surface area contributed by atoms with Crippen molar-refractivity contribution in [1.29, 1.82) is 0 Å². The van der Waals surface area contributed by atoms with Crippen LogP contribution in [0.15, 0.2) is 36.4 Å². The van der Waals surface area contributed by atoms with Gasteiger partial charge in [0.05, 0.1) is 5.56 Å². The van der Waals surface area contributed by atoms with Gasteiger partial charge in [-0.05, 0) is 44.2 Å². The van der Waals surface area contributed by atoms with E-state index in [9.17, 15) is 9.90 Å². The number of carbonyl (C=O) groups is 1. The summed E-state index contributed by atoms with van der Waals surface area (Å²) in [5.41, 5.74) is 0.428. The number of para-hydroxylation sites is 1. The summed E-state index contributed by atoms with van der Waals surface area (Å²) in [6.45, 7) is 2.27. The molecule has 1 aromatic rings. The zero-order chi connectivity index (χ0) is 20.3. The first-order valence-corrected chi connectivity index (χ1v) is 12.3. The minimum atomic E-state index is -0.0224. The van der Waals surface area contributed by atoms with Crippen LogP contribution in [0.3, 0.4) is 0 Å². The lowest BCUT2D eigenvalue weighted by atomic mass is 10.1. The van der Waals surface area contributed by atoms with Gasteiger partial charge in [0, 0.05) is 5.75 Å². The highest BCUT2D eigenvalue weighted by Gasteiger charge is 2.10. The Morgan fingerprint density at radius 2 is 1.36 bits per heavy atom. The lowest BCUT2D eigenvalue weighted by molar-refractivity contribution is 0.108. The fourth-order valence-corrected chi connectivity index (χ4v) is 4.10. The lowest BCUT2D eigenvalue weighted by Gasteiger charge is -2.03. The molecule has 0 aliphatic heterocycles. The number of unbranched alkanes of at least 4 members (excludes halogenated alkanes) is 12. The first-order chi connectivity index (χ1) is 13.8. The highest BCUT2D eigenvalue weighted by atomic mass is 32.2. The number of benzene rings is 1. The number of rotatable bonds is 17. The molecule has 0 aromatic heterocycles. The largest absolute Gasteiger partial charge is 0.507 e. The molecule has 3 heteroatoms.